The van der Waals surface area contributed by atoms with E-state index in [4.69, 9.17) is 21.4 Å². The number of carbonyl (C=O) groups excluding carboxylic acids is 2. The van der Waals surface area contributed by atoms with E-state index in [-0.39, 0.29) is 30.6 Å². The highest BCUT2D eigenvalue weighted by molar-refractivity contribution is 7.80. The molecule has 1 amide bonds. The zero-order valence-corrected chi connectivity index (χ0v) is 21.8. The van der Waals surface area contributed by atoms with Gasteiger partial charge in [-0.25, -0.2) is 9.18 Å². The van der Waals surface area contributed by atoms with E-state index in [1.165, 1.54) is 19.2 Å². The molecule has 2 aromatic heterocycles. The molecule has 2 unspecified atom stereocenters. The van der Waals surface area contributed by atoms with Gasteiger partial charge in [0.15, 0.2) is 5.11 Å². The van der Waals surface area contributed by atoms with Crippen LogP contribution in [0.4, 0.5) is 10.1 Å². The number of nitrogens with zero attached hydrogens (tertiary/aromatic N) is 2. The van der Waals surface area contributed by atoms with Crippen LogP contribution in [0.5, 0.6) is 0 Å². The van der Waals surface area contributed by atoms with Gasteiger partial charge in [-0.3, -0.25) is 9.78 Å². The normalized spacial score (nSPS) is 16.6. The second-order valence-electron chi connectivity index (χ2n) is 8.87. The second-order valence-corrected chi connectivity index (χ2v) is 9.26. The average Bonchev–Trinajstić information content (AvgIpc) is 3.58. The lowest BCUT2D eigenvalue weighted by molar-refractivity contribution is -0.116. The fraction of sp³-hybridized carbons (Fsp3) is 0.172. The number of halogens is 1. The van der Waals surface area contributed by atoms with Crippen molar-refractivity contribution in [3.05, 3.63) is 108 Å². The standard InChI is InChI=1S/C29H25FN4O4S/c1-37-28(36)19-11-9-18(10-12-19)23-13-14-24(38-23)27-26(22-8-4-5-16-31-22)33-29(39)34(27)17-15-25(35)32-21-7-3-2-6-20(21)30/h2-14,16,26-27H,15,17H2,1H3,(H,32,35)(H,33,39). The van der Waals surface area contributed by atoms with Crippen LogP contribution in [-0.2, 0) is 9.53 Å². The van der Waals surface area contributed by atoms with Crippen LogP contribution in [0.2, 0.25) is 0 Å². The summed E-state index contributed by atoms with van der Waals surface area (Å²) < 4.78 is 25.1. The molecule has 0 aliphatic carbocycles. The minimum atomic E-state index is -0.500. The van der Waals surface area contributed by atoms with Crippen molar-refractivity contribution in [2.45, 2.75) is 18.5 Å². The summed E-state index contributed by atoms with van der Waals surface area (Å²) in [6, 6.07) is 21.6. The van der Waals surface area contributed by atoms with Crippen molar-refractivity contribution in [1.82, 2.24) is 15.2 Å². The molecule has 2 aromatic carbocycles. The zero-order chi connectivity index (χ0) is 27.4. The van der Waals surface area contributed by atoms with Gasteiger partial charge in [-0.15, -0.1) is 0 Å². The molecular formula is C29H25FN4O4S. The van der Waals surface area contributed by atoms with Crippen LogP contribution in [0.15, 0.2) is 89.5 Å². The summed E-state index contributed by atoms with van der Waals surface area (Å²) in [5.74, 6) is -0.0234. The van der Waals surface area contributed by atoms with Crippen LogP contribution in [0.3, 0.4) is 0 Å². The van der Waals surface area contributed by atoms with Gasteiger partial charge in [0.2, 0.25) is 5.91 Å². The summed E-state index contributed by atoms with van der Waals surface area (Å²) >= 11 is 5.66. The number of ether oxygens (including phenoxy) is 1. The lowest BCUT2D eigenvalue weighted by Gasteiger charge is -2.25. The fourth-order valence-electron chi connectivity index (χ4n) is 4.51. The number of esters is 1. The molecule has 0 saturated carbocycles. The largest absolute Gasteiger partial charge is 0.465 e. The summed E-state index contributed by atoms with van der Waals surface area (Å²) in [4.78, 5) is 30.9. The van der Waals surface area contributed by atoms with E-state index in [1.807, 2.05) is 35.2 Å². The third-order valence-corrected chi connectivity index (χ3v) is 6.79. The smallest absolute Gasteiger partial charge is 0.337 e. The number of nitrogens with one attached hydrogen (secondary N) is 2. The minimum absolute atomic E-state index is 0.0736. The predicted octanol–water partition coefficient (Wildman–Crippen LogP) is 5.27. The number of carbonyl (C=O) groups is 2. The van der Waals surface area contributed by atoms with E-state index in [9.17, 15) is 14.0 Å². The number of rotatable bonds is 8. The number of furan rings is 1. The van der Waals surface area contributed by atoms with Crippen molar-refractivity contribution in [3.8, 4) is 11.3 Å². The Bertz CT molecular complexity index is 1490. The maximum atomic E-state index is 14.0. The Labute approximate surface area is 229 Å². The number of anilines is 1. The Morgan fingerprint density at radius 2 is 1.85 bits per heavy atom. The highest BCUT2D eigenvalue weighted by Gasteiger charge is 2.41. The molecule has 1 fully saturated rings. The number of benzene rings is 2. The Morgan fingerprint density at radius 1 is 1.08 bits per heavy atom. The maximum Gasteiger partial charge on any atom is 0.337 e. The molecule has 0 bridgehead atoms. The molecule has 39 heavy (non-hydrogen) atoms. The zero-order valence-electron chi connectivity index (χ0n) is 21.0. The van der Waals surface area contributed by atoms with Crippen molar-refractivity contribution >= 4 is 34.9 Å². The van der Waals surface area contributed by atoms with Crippen LogP contribution in [0, 0.1) is 5.82 Å². The Balaban J connectivity index is 1.39. The summed E-state index contributed by atoms with van der Waals surface area (Å²) in [5, 5.41) is 6.39. The maximum absolute atomic E-state index is 14.0. The van der Waals surface area contributed by atoms with Gasteiger partial charge in [-0.05, 0) is 60.7 Å². The van der Waals surface area contributed by atoms with Gasteiger partial charge >= 0.3 is 5.97 Å². The van der Waals surface area contributed by atoms with Gasteiger partial charge in [0.1, 0.15) is 23.4 Å². The minimum Gasteiger partial charge on any atom is -0.465 e. The highest BCUT2D eigenvalue weighted by atomic mass is 32.1. The first kappa shape index (κ1) is 26.1. The SMILES string of the molecule is COC(=O)c1ccc(-c2ccc(C3C(c4ccccn4)NC(=S)N3CCC(=O)Nc3ccccc3F)o2)cc1. The number of pyridine rings is 1. The molecule has 198 valence electrons. The Hall–Kier alpha value is -4.57. The van der Waals surface area contributed by atoms with Crippen LogP contribution < -0.4 is 10.6 Å². The average molecular weight is 545 g/mol. The summed E-state index contributed by atoms with van der Waals surface area (Å²) in [7, 11) is 1.34. The molecule has 10 heteroatoms. The van der Waals surface area contributed by atoms with Crippen LogP contribution >= 0.6 is 12.2 Å². The van der Waals surface area contributed by atoms with E-state index in [0.717, 1.165) is 11.3 Å². The van der Waals surface area contributed by atoms with Gasteiger partial charge < -0.3 is 24.7 Å². The molecule has 4 aromatic rings. The highest BCUT2D eigenvalue weighted by Crippen LogP contribution is 2.40. The van der Waals surface area contributed by atoms with Gasteiger partial charge in [-0.2, -0.15) is 0 Å². The first-order valence-electron chi connectivity index (χ1n) is 12.3. The molecular weight excluding hydrogens is 519 g/mol. The Morgan fingerprint density at radius 3 is 2.56 bits per heavy atom. The van der Waals surface area contributed by atoms with E-state index < -0.39 is 17.8 Å². The number of amides is 1. The Kier molecular flexibility index (Phi) is 7.64. The summed E-state index contributed by atoms with van der Waals surface area (Å²) in [6.45, 7) is 0.268. The number of aromatic nitrogens is 1. The fourth-order valence-corrected chi connectivity index (χ4v) is 4.84. The van der Waals surface area contributed by atoms with Crippen LogP contribution in [-0.4, -0.2) is 40.5 Å². The van der Waals surface area contributed by atoms with E-state index in [0.29, 0.717) is 22.2 Å². The molecule has 1 saturated heterocycles. The quantitative estimate of drug-likeness (QED) is 0.229. The number of hydrogen-bond acceptors (Lipinski definition) is 6. The second kappa shape index (κ2) is 11.4. The molecule has 5 rings (SSSR count). The molecule has 3 heterocycles. The number of methoxy groups -OCH3 is 1. The molecule has 1 aliphatic rings. The predicted molar refractivity (Wildman–Crippen MR) is 147 cm³/mol. The number of para-hydroxylation sites is 1. The van der Waals surface area contributed by atoms with Gasteiger partial charge in [-0.1, -0.05) is 30.3 Å². The van der Waals surface area contributed by atoms with E-state index in [2.05, 4.69) is 15.6 Å². The van der Waals surface area contributed by atoms with Crippen molar-refractivity contribution in [2.24, 2.45) is 0 Å². The van der Waals surface area contributed by atoms with E-state index in [1.54, 1.807) is 42.6 Å². The van der Waals surface area contributed by atoms with Crippen molar-refractivity contribution in [3.63, 3.8) is 0 Å². The molecule has 2 atom stereocenters. The number of hydrogen-bond donors (Lipinski definition) is 2. The van der Waals surface area contributed by atoms with Crippen molar-refractivity contribution < 1.29 is 23.1 Å². The van der Waals surface area contributed by atoms with Crippen LogP contribution in [0.25, 0.3) is 11.3 Å². The molecule has 8 nitrogen and oxygen atoms in total. The van der Waals surface area contributed by atoms with Crippen molar-refractivity contribution in [2.75, 3.05) is 19.0 Å². The van der Waals surface area contributed by atoms with Crippen molar-refractivity contribution in [1.29, 1.82) is 0 Å². The monoisotopic (exact) mass is 544 g/mol. The first-order valence-corrected chi connectivity index (χ1v) is 12.7. The molecule has 1 aliphatic heterocycles. The van der Waals surface area contributed by atoms with Gasteiger partial charge in [0, 0.05) is 24.7 Å². The topological polar surface area (TPSA) is 96.7 Å². The van der Waals surface area contributed by atoms with Gasteiger partial charge in [0.25, 0.3) is 0 Å². The lowest BCUT2D eigenvalue weighted by atomic mass is 10.0. The summed E-state index contributed by atoms with van der Waals surface area (Å²) in [5.41, 5.74) is 2.12. The molecule has 0 radical (unpaired) electrons. The van der Waals surface area contributed by atoms with Crippen LogP contribution in [0.1, 0.15) is 40.3 Å². The molecule has 0 spiro atoms. The van der Waals surface area contributed by atoms with E-state index >= 15 is 0 Å². The first-order chi connectivity index (χ1) is 18.9. The third-order valence-electron chi connectivity index (χ3n) is 6.43. The van der Waals surface area contributed by atoms with Gasteiger partial charge in [0.05, 0.1) is 30.1 Å². The lowest BCUT2D eigenvalue weighted by Crippen LogP contribution is -2.32. The number of thiocarbonyl (C=S) groups is 1. The third kappa shape index (κ3) is 5.65. The summed E-state index contributed by atoms with van der Waals surface area (Å²) in [6.07, 6.45) is 1.78. The molecule has 2 N–H and O–H groups in total.